The van der Waals surface area contributed by atoms with Gasteiger partial charge in [-0.05, 0) is 31.0 Å². The van der Waals surface area contributed by atoms with Crippen molar-refractivity contribution in [3.8, 4) is 0 Å². The Labute approximate surface area is 111 Å². The number of likely N-dealkylation sites (N-methyl/N-ethyl adjacent to an activating group) is 1. The molecule has 1 aliphatic rings. The van der Waals surface area contributed by atoms with Gasteiger partial charge in [-0.2, -0.15) is 0 Å². The number of carbonyl (C=O) groups excluding carboxylic acids is 2. The van der Waals surface area contributed by atoms with Crippen LogP contribution in [0.25, 0.3) is 0 Å². The molecule has 1 atom stereocenters. The number of nitrogen functional groups attached to an aromatic ring is 1. The molecule has 102 valence electrons. The van der Waals surface area contributed by atoms with Gasteiger partial charge in [-0.1, -0.05) is 0 Å². The second kappa shape index (κ2) is 5.17. The molecule has 1 aliphatic heterocycles. The number of nitrogens with one attached hydrogen (secondary N) is 3. The average molecular weight is 262 g/mol. The Morgan fingerprint density at radius 3 is 2.84 bits per heavy atom. The molecule has 0 spiro atoms. The summed E-state index contributed by atoms with van der Waals surface area (Å²) < 4.78 is 0. The van der Waals surface area contributed by atoms with Crippen molar-refractivity contribution in [1.82, 2.24) is 5.32 Å². The first-order valence-electron chi connectivity index (χ1n) is 6.21. The first-order chi connectivity index (χ1) is 9.01. The summed E-state index contributed by atoms with van der Waals surface area (Å²) in [5.74, 6) is -0.122. The maximum Gasteiger partial charge on any atom is 0.241 e. The molecule has 0 aliphatic carbocycles. The van der Waals surface area contributed by atoms with Crippen molar-refractivity contribution in [2.24, 2.45) is 0 Å². The fraction of sp³-hybridized carbons (Fsp3) is 0.385. The summed E-state index contributed by atoms with van der Waals surface area (Å²) >= 11 is 0. The van der Waals surface area contributed by atoms with Gasteiger partial charge in [-0.15, -0.1) is 0 Å². The second-order valence-corrected chi connectivity index (χ2v) is 4.63. The van der Waals surface area contributed by atoms with Gasteiger partial charge in [-0.25, -0.2) is 0 Å². The number of rotatable bonds is 3. The number of amides is 2. The average Bonchev–Trinajstić information content (AvgIpc) is 2.39. The Hall–Kier alpha value is -2.24. The third-order valence-electron chi connectivity index (χ3n) is 3.18. The first-order valence-corrected chi connectivity index (χ1v) is 6.21. The summed E-state index contributed by atoms with van der Waals surface area (Å²) in [6.07, 6.45) is 1.17. The monoisotopic (exact) mass is 262 g/mol. The van der Waals surface area contributed by atoms with Crippen molar-refractivity contribution >= 4 is 28.9 Å². The number of hydrogen-bond acceptors (Lipinski definition) is 4. The smallest absolute Gasteiger partial charge is 0.241 e. The van der Waals surface area contributed by atoms with Crippen LogP contribution in [0.1, 0.15) is 18.9 Å². The third-order valence-corrected chi connectivity index (χ3v) is 3.18. The summed E-state index contributed by atoms with van der Waals surface area (Å²) in [5.41, 5.74) is 8.97. The lowest BCUT2D eigenvalue weighted by molar-refractivity contribution is -0.121. The van der Waals surface area contributed by atoms with Crippen molar-refractivity contribution < 1.29 is 9.59 Å². The lowest BCUT2D eigenvalue weighted by Crippen LogP contribution is -2.35. The fourth-order valence-corrected chi connectivity index (χ4v) is 2.09. The van der Waals surface area contributed by atoms with Gasteiger partial charge in [0, 0.05) is 19.2 Å². The maximum atomic E-state index is 11.5. The summed E-state index contributed by atoms with van der Waals surface area (Å²) in [6.45, 7) is 1.75. The lowest BCUT2D eigenvalue weighted by Gasteiger charge is -2.21. The highest BCUT2D eigenvalue weighted by Crippen LogP contribution is 2.31. The number of aryl methyl sites for hydroxylation is 1. The Balaban J connectivity index is 2.24. The van der Waals surface area contributed by atoms with Gasteiger partial charge < -0.3 is 21.7 Å². The van der Waals surface area contributed by atoms with E-state index in [9.17, 15) is 9.59 Å². The van der Waals surface area contributed by atoms with Crippen LogP contribution < -0.4 is 21.7 Å². The molecule has 2 rings (SSSR count). The number of fused-ring (bicyclic) bond motifs is 1. The van der Waals surface area contributed by atoms with Crippen LogP contribution in [-0.2, 0) is 16.0 Å². The minimum absolute atomic E-state index is 0.00238. The van der Waals surface area contributed by atoms with Gasteiger partial charge in [0.1, 0.15) is 6.04 Å². The van der Waals surface area contributed by atoms with E-state index in [1.807, 2.05) is 6.07 Å². The maximum absolute atomic E-state index is 11.5. The fourth-order valence-electron chi connectivity index (χ4n) is 2.09. The minimum Gasteiger partial charge on any atom is -0.397 e. The Morgan fingerprint density at radius 2 is 2.16 bits per heavy atom. The molecule has 6 nitrogen and oxygen atoms in total. The van der Waals surface area contributed by atoms with Crippen molar-refractivity contribution in [2.45, 2.75) is 25.8 Å². The van der Waals surface area contributed by atoms with E-state index in [0.29, 0.717) is 24.2 Å². The highest BCUT2D eigenvalue weighted by Gasteiger charge is 2.18. The summed E-state index contributed by atoms with van der Waals surface area (Å²) in [4.78, 5) is 22.9. The standard InChI is InChI=1S/C13H18N4O2/c1-7(13(19)15-2)16-11-6-10-8(5-9(11)14)3-4-12(18)17-10/h5-7,16H,3-4,14H2,1-2H3,(H,15,19)(H,17,18). The van der Waals surface area contributed by atoms with E-state index in [0.717, 1.165) is 11.3 Å². The summed E-state index contributed by atoms with van der Waals surface area (Å²) in [7, 11) is 1.58. The van der Waals surface area contributed by atoms with Crippen molar-refractivity contribution in [1.29, 1.82) is 0 Å². The molecule has 1 aromatic rings. The predicted octanol–water partition coefficient (Wildman–Crippen LogP) is 0.700. The second-order valence-electron chi connectivity index (χ2n) is 4.63. The molecule has 5 N–H and O–H groups in total. The molecule has 0 radical (unpaired) electrons. The zero-order valence-corrected chi connectivity index (χ0v) is 11.0. The molecule has 1 heterocycles. The molecule has 0 aromatic heterocycles. The van der Waals surface area contributed by atoms with E-state index in [4.69, 9.17) is 5.73 Å². The molecule has 1 unspecified atom stereocenters. The van der Waals surface area contributed by atoms with Crippen molar-refractivity contribution in [3.63, 3.8) is 0 Å². The first kappa shape index (κ1) is 13.2. The van der Waals surface area contributed by atoms with E-state index in [2.05, 4.69) is 16.0 Å². The molecule has 0 saturated carbocycles. The van der Waals surface area contributed by atoms with E-state index < -0.39 is 6.04 Å². The molecule has 0 saturated heterocycles. The van der Waals surface area contributed by atoms with E-state index in [1.165, 1.54) is 0 Å². The molecule has 1 aromatic carbocycles. The number of anilines is 3. The van der Waals surface area contributed by atoms with E-state index >= 15 is 0 Å². The van der Waals surface area contributed by atoms with Gasteiger partial charge in [0.25, 0.3) is 0 Å². The Bertz CT molecular complexity index is 528. The molecule has 0 bridgehead atoms. The minimum atomic E-state index is -0.398. The summed E-state index contributed by atoms with van der Waals surface area (Å²) in [5, 5.41) is 8.41. The highest BCUT2D eigenvalue weighted by atomic mass is 16.2. The van der Waals surface area contributed by atoms with Gasteiger partial charge in [0.15, 0.2) is 0 Å². The highest BCUT2D eigenvalue weighted by molar-refractivity contribution is 5.96. The molecular formula is C13H18N4O2. The molecule has 6 heteroatoms. The van der Waals surface area contributed by atoms with Crippen LogP contribution in [0, 0.1) is 0 Å². The predicted molar refractivity (Wildman–Crippen MR) is 75.0 cm³/mol. The lowest BCUT2D eigenvalue weighted by atomic mass is 10.0. The Kier molecular flexibility index (Phi) is 3.59. The van der Waals surface area contributed by atoms with E-state index in [1.54, 1.807) is 20.0 Å². The van der Waals surface area contributed by atoms with Gasteiger partial charge in [-0.3, -0.25) is 9.59 Å². The zero-order valence-electron chi connectivity index (χ0n) is 11.0. The van der Waals surface area contributed by atoms with Crippen LogP contribution in [0.4, 0.5) is 17.1 Å². The van der Waals surface area contributed by atoms with Crippen molar-refractivity contribution in [3.05, 3.63) is 17.7 Å². The van der Waals surface area contributed by atoms with E-state index in [-0.39, 0.29) is 11.8 Å². The van der Waals surface area contributed by atoms with Gasteiger partial charge in [0.2, 0.25) is 11.8 Å². The van der Waals surface area contributed by atoms with Gasteiger partial charge in [0.05, 0.1) is 11.4 Å². The quantitative estimate of drug-likeness (QED) is 0.603. The largest absolute Gasteiger partial charge is 0.397 e. The normalized spacial score (nSPS) is 15.2. The Morgan fingerprint density at radius 1 is 1.42 bits per heavy atom. The third kappa shape index (κ3) is 2.78. The van der Waals surface area contributed by atoms with Crippen LogP contribution in [0.15, 0.2) is 12.1 Å². The molecular weight excluding hydrogens is 244 g/mol. The van der Waals surface area contributed by atoms with Crippen LogP contribution in [0.3, 0.4) is 0 Å². The van der Waals surface area contributed by atoms with Crippen LogP contribution in [0.2, 0.25) is 0 Å². The summed E-state index contributed by atoms with van der Waals surface area (Å²) in [6, 6.07) is 3.22. The van der Waals surface area contributed by atoms with Crippen molar-refractivity contribution in [2.75, 3.05) is 23.4 Å². The topological polar surface area (TPSA) is 96.2 Å². The van der Waals surface area contributed by atoms with Crippen LogP contribution >= 0.6 is 0 Å². The number of nitrogens with two attached hydrogens (primary N) is 1. The zero-order chi connectivity index (χ0) is 14.0. The van der Waals surface area contributed by atoms with Gasteiger partial charge >= 0.3 is 0 Å². The number of hydrogen-bond donors (Lipinski definition) is 4. The molecule has 0 fully saturated rings. The van der Waals surface area contributed by atoms with Crippen LogP contribution in [-0.4, -0.2) is 24.9 Å². The number of carbonyl (C=O) groups is 2. The number of benzene rings is 1. The van der Waals surface area contributed by atoms with Crippen LogP contribution in [0.5, 0.6) is 0 Å². The molecule has 19 heavy (non-hydrogen) atoms. The SMILES string of the molecule is CNC(=O)C(C)Nc1cc2c(cc1N)CCC(=O)N2. The molecule has 2 amide bonds.